The van der Waals surface area contributed by atoms with Gasteiger partial charge in [0.05, 0.1) is 28.9 Å². The number of thiazole rings is 1. The molecular formula is C29H27N3O4S. The Balaban J connectivity index is 1.72. The summed E-state index contributed by atoms with van der Waals surface area (Å²) < 4.78 is 6.21. The van der Waals surface area contributed by atoms with Crippen molar-refractivity contribution in [2.45, 2.75) is 19.9 Å². The number of aryl methyl sites for hydroxylation is 2. The van der Waals surface area contributed by atoms with Crippen molar-refractivity contribution in [1.82, 2.24) is 4.98 Å². The molecule has 3 aromatic carbocycles. The summed E-state index contributed by atoms with van der Waals surface area (Å²) in [7, 11) is 5.45. The zero-order valence-electron chi connectivity index (χ0n) is 21.3. The molecule has 8 heteroatoms. The molecular weight excluding hydrogens is 486 g/mol. The number of hydrogen-bond acceptors (Lipinski definition) is 7. The lowest BCUT2D eigenvalue weighted by Crippen LogP contribution is -2.29. The summed E-state index contributed by atoms with van der Waals surface area (Å²) in [5, 5.41) is 11.9. The first-order chi connectivity index (χ1) is 17.7. The number of rotatable bonds is 5. The zero-order chi connectivity index (χ0) is 26.4. The van der Waals surface area contributed by atoms with Gasteiger partial charge in [0, 0.05) is 25.3 Å². The number of aliphatic hydroxyl groups is 1. The standard InChI is InChI=1S/C29H27N3O4S/c1-16-6-13-22-23(14-16)37-29(30-22)32-25(18-7-9-19(10-8-18)31(3)4)24(27(34)28(32)35)26(33)21-12-11-20(36-5)15-17(21)2/h6-15,25,33H,1-5H3/b26-24+. The second kappa shape index (κ2) is 9.37. The van der Waals surface area contributed by atoms with Crippen molar-refractivity contribution in [3.8, 4) is 5.75 Å². The summed E-state index contributed by atoms with van der Waals surface area (Å²) in [5.74, 6) is -1.05. The molecule has 0 radical (unpaired) electrons. The SMILES string of the molecule is COc1ccc(/C(O)=C2\C(=O)C(=O)N(c3nc4ccc(C)cc4s3)C2c2ccc(N(C)C)cc2)c(C)c1. The number of fused-ring (bicyclic) bond motifs is 1. The molecule has 5 rings (SSSR count). The molecule has 1 aromatic heterocycles. The first-order valence-electron chi connectivity index (χ1n) is 11.8. The maximum absolute atomic E-state index is 13.5. The molecule has 1 unspecified atom stereocenters. The molecule has 37 heavy (non-hydrogen) atoms. The average molecular weight is 514 g/mol. The van der Waals surface area contributed by atoms with E-state index >= 15 is 0 Å². The van der Waals surface area contributed by atoms with Gasteiger partial charge in [0.2, 0.25) is 0 Å². The lowest BCUT2D eigenvalue weighted by molar-refractivity contribution is -0.132. The number of benzene rings is 3. The Morgan fingerprint density at radius 2 is 1.76 bits per heavy atom. The van der Waals surface area contributed by atoms with Crippen LogP contribution in [0.1, 0.15) is 28.3 Å². The maximum Gasteiger partial charge on any atom is 0.301 e. The van der Waals surface area contributed by atoms with Gasteiger partial charge in [0.1, 0.15) is 11.5 Å². The summed E-state index contributed by atoms with van der Waals surface area (Å²) in [6, 6.07) is 17.8. The van der Waals surface area contributed by atoms with Crippen molar-refractivity contribution in [1.29, 1.82) is 0 Å². The van der Waals surface area contributed by atoms with E-state index in [1.54, 1.807) is 25.3 Å². The van der Waals surface area contributed by atoms with Crippen molar-refractivity contribution in [3.05, 3.63) is 88.5 Å². The van der Waals surface area contributed by atoms with Crippen LogP contribution in [0.5, 0.6) is 5.75 Å². The molecule has 0 spiro atoms. The topological polar surface area (TPSA) is 83.0 Å². The fourth-order valence-electron chi connectivity index (χ4n) is 4.60. The molecule has 1 fully saturated rings. The quantitative estimate of drug-likeness (QED) is 0.212. The van der Waals surface area contributed by atoms with Gasteiger partial charge in [-0.1, -0.05) is 29.5 Å². The summed E-state index contributed by atoms with van der Waals surface area (Å²) in [4.78, 5) is 35.1. The number of Topliss-reactive ketones (excluding diaryl/α,β-unsaturated/α-hetero) is 1. The molecule has 1 amide bonds. The number of nitrogens with zero attached hydrogens (tertiary/aromatic N) is 3. The molecule has 188 valence electrons. The second-order valence-electron chi connectivity index (χ2n) is 9.30. The molecule has 7 nitrogen and oxygen atoms in total. The van der Waals surface area contributed by atoms with Gasteiger partial charge in [-0.15, -0.1) is 0 Å². The number of aliphatic hydroxyl groups excluding tert-OH is 1. The van der Waals surface area contributed by atoms with E-state index in [0.29, 0.717) is 22.0 Å². The third-order valence-corrected chi connectivity index (χ3v) is 7.61. The monoisotopic (exact) mass is 513 g/mol. The first kappa shape index (κ1) is 24.5. The number of hydrogen-bond donors (Lipinski definition) is 1. The number of ketones is 1. The molecule has 1 aliphatic rings. The maximum atomic E-state index is 13.5. The molecule has 1 atom stereocenters. The fraction of sp³-hybridized carbons (Fsp3) is 0.207. The minimum Gasteiger partial charge on any atom is -0.507 e. The van der Waals surface area contributed by atoms with Crippen LogP contribution >= 0.6 is 11.3 Å². The highest BCUT2D eigenvalue weighted by atomic mass is 32.1. The van der Waals surface area contributed by atoms with Crippen LogP contribution in [0.4, 0.5) is 10.8 Å². The number of ether oxygens (including phenoxy) is 1. The zero-order valence-corrected chi connectivity index (χ0v) is 22.1. The Hall–Kier alpha value is -4.17. The second-order valence-corrected chi connectivity index (χ2v) is 10.3. The third kappa shape index (κ3) is 4.23. The van der Waals surface area contributed by atoms with E-state index < -0.39 is 17.7 Å². The van der Waals surface area contributed by atoms with Crippen molar-refractivity contribution in [2.24, 2.45) is 0 Å². The third-order valence-electron chi connectivity index (χ3n) is 6.60. The van der Waals surface area contributed by atoms with E-state index in [1.807, 2.05) is 75.3 Å². The molecule has 1 saturated heterocycles. The van der Waals surface area contributed by atoms with Crippen molar-refractivity contribution in [3.63, 3.8) is 0 Å². The van der Waals surface area contributed by atoms with Gasteiger partial charge in [0.15, 0.2) is 5.13 Å². The number of amides is 1. The van der Waals surface area contributed by atoms with Crippen molar-refractivity contribution < 1.29 is 19.4 Å². The number of anilines is 2. The van der Waals surface area contributed by atoms with Crippen molar-refractivity contribution >= 4 is 49.8 Å². The molecule has 0 bridgehead atoms. The van der Waals surface area contributed by atoms with Crippen LogP contribution in [0.25, 0.3) is 16.0 Å². The molecule has 2 heterocycles. The summed E-state index contributed by atoms with van der Waals surface area (Å²) in [5.41, 5.74) is 4.73. The van der Waals surface area contributed by atoms with Gasteiger partial charge in [0.25, 0.3) is 5.78 Å². The van der Waals surface area contributed by atoms with Crippen LogP contribution < -0.4 is 14.5 Å². The average Bonchev–Trinajstić information content (AvgIpc) is 3.41. The summed E-state index contributed by atoms with van der Waals surface area (Å²) in [6.07, 6.45) is 0. The predicted octanol–water partition coefficient (Wildman–Crippen LogP) is 5.61. The van der Waals surface area contributed by atoms with Gasteiger partial charge >= 0.3 is 5.91 Å². The smallest absolute Gasteiger partial charge is 0.301 e. The Bertz CT molecular complexity index is 1570. The van der Waals surface area contributed by atoms with Gasteiger partial charge in [-0.05, 0) is 73.0 Å². The van der Waals surface area contributed by atoms with Crippen molar-refractivity contribution in [2.75, 3.05) is 31.0 Å². The van der Waals surface area contributed by atoms with E-state index in [0.717, 1.165) is 27.0 Å². The molecule has 1 aliphatic heterocycles. The number of aromatic nitrogens is 1. The summed E-state index contributed by atoms with van der Waals surface area (Å²) in [6.45, 7) is 3.82. The Morgan fingerprint density at radius 1 is 1.03 bits per heavy atom. The van der Waals surface area contributed by atoms with Crippen LogP contribution in [-0.2, 0) is 9.59 Å². The highest BCUT2D eigenvalue weighted by Crippen LogP contribution is 2.45. The Labute approximate surface area is 219 Å². The minimum absolute atomic E-state index is 0.0336. The van der Waals surface area contributed by atoms with Gasteiger partial charge < -0.3 is 14.7 Å². The molecule has 4 aromatic rings. The van der Waals surface area contributed by atoms with E-state index in [2.05, 4.69) is 0 Å². The minimum atomic E-state index is -0.834. The predicted molar refractivity (Wildman–Crippen MR) is 148 cm³/mol. The normalized spacial score (nSPS) is 17.0. The highest BCUT2D eigenvalue weighted by Gasteiger charge is 2.48. The lowest BCUT2D eigenvalue weighted by atomic mass is 9.94. The Morgan fingerprint density at radius 3 is 2.41 bits per heavy atom. The van der Waals surface area contributed by atoms with Gasteiger partial charge in [-0.25, -0.2) is 4.98 Å². The largest absolute Gasteiger partial charge is 0.507 e. The molecule has 0 aliphatic carbocycles. The highest BCUT2D eigenvalue weighted by molar-refractivity contribution is 7.22. The van der Waals surface area contributed by atoms with Gasteiger partial charge in [-0.2, -0.15) is 0 Å². The summed E-state index contributed by atoms with van der Waals surface area (Å²) >= 11 is 1.35. The number of carbonyl (C=O) groups excluding carboxylic acids is 2. The number of carbonyl (C=O) groups is 2. The van der Waals surface area contributed by atoms with Crippen LogP contribution in [0, 0.1) is 13.8 Å². The van der Waals surface area contributed by atoms with Crippen LogP contribution in [0.15, 0.2) is 66.2 Å². The van der Waals surface area contributed by atoms with E-state index in [9.17, 15) is 14.7 Å². The fourth-order valence-corrected chi connectivity index (χ4v) is 5.69. The van der Waals surface area contributed by atoms with E-state index in [4.69, 9.17) is 9.72 Å². The Kier molecular flexibility index (Phi) is 6.21. The molecule has 1 N–H and O–H groups in total. The van der Waals surface area contributed by atoms with Crippen LogP contribution in [-0.4, -0.2) is 43.0 Å². The number of methoxy groups -OCH3 is 1. The van der Waals surface area contributed by atoms with Crippen LogP contribution in [0.2, 0.25) is 0 Å². The molecule has 0 saturated carbocycles. The lowest BCUT2D eigenvalue weighted by Gasteiger charge is -2.24. The van der Waals surface area contributed by atoms with Crippen LogP contribution in [0.3, 0.4) is 0 Å². The van der Waals surface area contributed by atoms with E-state index in [1.165, 1.54) is 16.2 Å². The first-order valence-corrected chi connectivity index (χ1v) is 12.6. The van der Waals surface area contributed by atoms with E-state index in [-0.39, 0.29) is 11.3 Å². The van der Waals surface area contributed by atoms with Gasteiger partial charge in [-0.3, -0.25) is 14.5 Å².